The van der Waals surface area contributed by atoms with Crippen LogP contribution in [0.3, 0.4) is 0 Å². The Kier molecular flexibility index (Phi) is 2.51. The van der Waals surface area contributed by atoms with Gasteiger partial charge in [-0.3, -0.25) is 9.36 Å². The van der Waals surface area contributed by atoms with Crippen LogP contribution in [-0.4, -0.2) is 21.4 Å². The van der Waals surface area contributed by atoms with Crippen LogP contribution in [0, 0.1) is 0 Å². The Morgan fingerprint density at radius 3 is 2.00 bits per heavy atom. The van der Waals surface area contributed by atoms with E-state index in [0.29, 0.717) is 0 Å². The van der Waals surface area contributed by atoms with Gasteiger partial charge in [-0.15, -0.1) is 0 Å². The third kappa shape index (κ3) is 2.72. The van der Waals surface area contributed by atoms with E-state index in [1.165, 1.54) is 6.92 Å². The lowest BCUT2D eigenvalue weighted by atomic mass is 10.4. The standard InChI is InChI=1S/C3H8NO4P/c1-2(4)3(5)9(6,7)8/h2H,4H2,1H3,(H2,6,7,8)/t2-/m0/s1. The Hall–Kier alpha value is -0.220. The molecule has 6 heteroatoms. The summed E-state index contributed by atoms with van der Waals surface area (Å²) in [5, 5.41) is 0. The van der Waals surface area contributed by atoms with Crippen molar-refractivity contribution in [3.05, 3.63) is 0 Å². The van der Waals surface area contributed by atoms with Gasteiger partial charge in [-0.05, 0) is 6.92 Å². The van der Waals surface area contributed by atoms with Crippen LogP contribution in [0.2, 0.25) is 0 Å². The predicted octanol–water partition coefficient (Wildman–Crippen LogP) is -0.962. The van der Waals surface area contributed by atoms with E-state index < -0.39 is 19.2 Å². The normalized spacial score (nSPS) is 15.1. The van der Waals surface area contributed by atoms with Crippen LogP contribution >= 0.6 is 7.60 Å². The van der Waals surface area contributed by atoms with E-state index in [9.17, 15) is 9.36 Å². The second-order valence-corrected chi connectivity index (χ2v) is 3.20. The van der Waals surface area contributed by atoms with Gasteiger partial charge in [-0.1, -0.05) is 0 Å². The molecule has 0 aliphatic rings. The van der Waals surface area contributed by atoms with Crippen molar-refractivity contribution in [2.24, 2.45) is 5.73 Å². The van der Waals surface area contributed by atoms with Crippen LogP contribution in [0.5, 0.6) is 0 Å². The van der Waals surface area contributed by atoms with Crippen molar-refractivity contribution in [2.75, 3.05) is 0 Å². The maximum absolute atomic E-state index is 10.3. The third-order valence-electron chi connectivity index (χ3n) is 0.677. The zero-order valence-corrected chi connectivity index (χ0v) is 5.71. The lowest BCUT2D eigenvalue weighted by Crippen LogP contribution is -2.26. The molecule has 0 rings (SSSR count). The van der Waals surface area contributed by atoms with E-state index in [0.717, 1.165) is 0 Å². The minimum absolute atomic E-state index is 1.09. The van der Waals surface area contributed by atoms with Gasteiger partial charge in [0.05, 0.1) is 6.04 Å². The molecule has 4 N–H and O–H groups in total. The van der Waals surface area contributed by atoms with Crippen LogP contribution < -0.4 is 5.73 Å². The molecule has 54 valence electrons. The van der Waals surface area contributed by atoms with Crippen molar-refractivity contribution >= 4 is 13.1 Å². The Morgan fingerprint density at radius 2 is 2.00 bits per heavy atom. The van der Waals surface area contributed by atoms with Gasteiger partial charge in [-0.2, -0.15) is 0 Å². The first-order chi connectivity index (χ1) is 3.85. The van der Waals surface area contributed by atoms with E-state index in [1.807, 2.05) is 0 Å². The molecule has 0 aliphatic heterocycles. The van der Waals surface area contributed by atoms with E-state index in [-0.39, 0.29) is 0 Å². The SMILES string of the molecule is C[C@H](N)C(=O)P(=O)(O)O. The average Bonchev–Trinajstić information content (AvgIpc) is 1.62. The fourth-order valence-corrected chi connectivity index (χ4v) is 0.796. The van der Waals surface area contributed by atoms with E-state index in [4.69, 9.17) is 15.5 Å². The quantitative estimate of drug-likeness (QED) is 0.443. The number of nitrogens with two attached hydrogens (primary N) is 1. The van der Waals surface area contributed by atoms with Gasteiger partial charge in [0.15, 0.2) is 0 Å². The second-order valence-electron chi connectivity index (χ2n) is 1.67. The summed E-state index contributed by atoms with van der Waals surface area (Å²) in [6.07, 6.45) is 0. The van der Waals surface area contributed by atoms with E-state index >= 15 is 0 Å². The van der Waals surface area contributed by atoms with Gasteiger partial charge < -0.3 is 15.5 Å². The number of hydrogen-bond acceptors (Lipinski definition) is 3. The summed E-state index contributed by atoms with van der Waals surface area (Å²) in [6.45, 7) is 1.22. The molecule has 9 heavy (non-hydrogen) atoms. The molecule has 0 spiro atoms. The summed E-state index contributed by atoms with van der Waals surface area (Å²) in [4.78, 5) is 26.6. The smallest absolute Gasteiger partial charge is 0.321 e. The molecule has 0 aliphatic carbocycles. The maximum atomic E-state index is 10.3. The molecular weight excluding hydrogens is 145 g/mol. The predicted molar refractivity (Wildman–Crippen MR) is 30.7 cm³/mol. The van der Waals surface area contributed by atoms with Crippen LogP contribution in [0.4, 0.5) is 0 Å². The van der Waals surface area contributed by atoms with Gasteiger partial charge in [0.25, 0.3) is 5.52 Å². The van der Waals surface area contributed by atoms with Crippen molar-refractivity contribution in [1.29, 1.82) is 0 Å². The highest BCUT2D eigenvalue weighted by molar-refractivity contribution is 7.70. The average molecular weight is 153 g/mol. The molecule has 0 bridgehead atoms. The molecule has 5 nitrogen and oxygen atoms in total. The summed E-state index contributed by atoms with van der Waals surface area (Å²) in [7, 11) is -4.58. The van der Waals surface area contributed by atoms with Gasteiger partial charge in [0.1, 0.15) is 0 Å². The van der Waals surface area contributed by atoms with Crippen LogP contribution in [0.25, 0.3) is 0 Å². The molecule has 0 aromatic carbocycles. The summed E-state index contributed by atoms with van der Waals surface area (Å²) in [5.74, 6) is 0. The zero-order chi connectivity index (χ0) is 7.65. The molecule has 0 amide bonds. The van der Waals surface area contributed by atoms with Crippen molar-refractivity contribution in [3.63, 3.8) is 0 Å². The van der Waals surface area contributed by atoms with Crippen LogP contribution in [-0.2, 0) is 9.36 Å². The van der Waals surface area contributed by atoms with E-state index in [2.05, 4.69) is 0 Å². The minimum atomic E-state index is -4.58. The molecule has 0 aromatic heterocycles. The Bertz CT molecular complexity index is 159. The Balaban J connectivity index is 4.24. The van der Waals surface area contributed by atoms with Crippen LogP contribution in [0.1, 0.15) is 6.92 Å². The highest BCUT2D eigenvalue weighted by Crippen LogP contribution is 2.36. The topological polar surface area (TPSA) is 101 Å². The summed E-state index contributed by atoms with van der Waals surface area (Å²) >= 11 is 0. The van der Waals surface area contributed by atoms with Gasteiger partial charge in [-0.25, -0.2) is 0 Å². The summed E-state index contributed by atoms with van der Waals surface area (Å²) < 4.78 is 10.0. The fourth-order valence-electron chi connectivity index (χ4n) is 0.265. The molecule has 0 saturated heterocycles. The molecule has 0 aromatic rings. The largest absolute Gasteiger partial charge is 0.393 e. The number of rotatable bonds is 2. The molecular formula is C3H8NO4P. The second kappa shape index (κ2) is 2.58. The van der Waals surface area contributed by atoms with Crippen molar-refractivity contribution in [1.82, 2.24) is 0 Å². The summed E-state index contributed by atoms with van der Waals surface area (Å²) in [6, 6.07) is -1.09. The van der Waals surface area contributed by atoms with Crippen molar-refractivity contribution in [2.45, 2.75) is 13.0 Å². The summed E-state index contributed by atoms with van der Waals surface area (Å²) in [5.41, 5.74) is 3.66. The third-order valence-corrected chi connectivity index (χ3v) is 1.66. The minimum Gasteiger partial charge on any atom is -0.321 e. The highest BCUT2D eigenvalue weighted by Gasteiger charge is 2.28. The first-order valence-electron chi connectivity index (χ1n) is 2.21. The fraction of sp³-hybridized carbons (Fsp3) is 0.667. The lowest BCUT2D eigenvalue weighted by molar-refractivity contribution is -0.114. The first-order valence-corrected chi connectivity index (χ1v) is 3.82. The number of carbonyl (C=O) groups is 1. The Labute approximate surface area is 52.0 Å². The molecule has 0 saturated carbocycles. The Morgan fingerprint density at radius 1 is 1.67 bits per heavy atom. The van der Waals surface area contributed by atoms with Gasteiger partial charge in [0.2, 0.25) is 0 Å². The van der Waals surface area contributed by atoms with Crippen molar-refractivity contribution < 1.29 is 19.1 Å². The van der Waals surface area contributed by atoms with Crippen LogP contribution in [0.15, 0.2) is 0 Å². The first kappa shape index (κ1) is 8.78. The number of hydrogen-bond donors (Lipinski definition) is 3. The zero-order valence-electron chi connectivity index (χ0n) is 4.81. The highest BCUT2D eigenvalue weighted by atomic mass is 31.2. The van der Waals surface area contributed by atoms with Gasteiger partial charge >= 0.3 is 7.60 Å². The van der Waals surface area contributed by atoms with Gasteiger partial charge in [0, 0.05) is 0 Å². The monoisotopic (exact) mass is 153 g/mol. The van der Waals surface area contributed by atoms with E-state index in [1.54, 1.807) is 0 Å². The maximum Gasteiger partial charge on any atom is 0.393 e. The molecule has 0 radical (unpaired) electrons. The molecule has 1 atom stereocenters. The number of carbonyl (C=O) groups excluding carboxylic acids is 1. The van der Waals surface area contributed by atoms with Crippen molar-refractivity contribution in [3.8, 4) is 0 Å². The molecule has 0 heterocycles. The molecule has 0 unspecified atom stereocenters. The lowest BCUT2D eigenvalue weighted by Gasteiger charge is -2.03. The molecule has 0 fully saturated rings.